The highest BCUT2D eigenvalue weighted by Gasteiger charge is 2.36. The first-order chi connectivity index (χ1) is 6.92. The average Bonchev–Trinajstić information content (AvgIpc) is 3.01. The third-order valence-corrected chi connectivity index (χ3v) is 4.00. The molecule has 3 fully saturated rings. The molecular weight excluding hydrogens is 176 g/mol. The summed E-state index contributed by atoms with van der Waals surface area (Å²) in [6.07, 6.45) is 9.68. The molecule has 0 N–H and O–H groups in total. The molecule has 0 spiro atoms. The molecule has 2 saturated heterocycles. The Bertz CT molecular complexity index is 174. The Hall–Kier alpha value is -0.0800. The van der Waals surface area contributed by atoms with Gasteiger partial charge in [0.25, 0.3) is 0 Å². The van der Waals surface area contributed by atoms with Crippen molar-refractivity contribution < 1.29 is 9.47 Å². The molecule has 80 valence electrons. The predicted octanol–water partition coefficient (Wildman–Crippen LogP) is 2.37. The third-order valence-electron chi connectivity index (χ3n) is 4.00. The van der Waals surface area contributed by atoms with Crippen molar-refractivity contribution in [1.82, 2.24) is 0 Å². The summed E-state index contributed by atoms with van der Waals surface area (Å²) < 4.78 is 10.7. The fraction of sp³-hybridized carbons (Fsp3) is 1.00. The summed E-state index contributed by atoms with van der Waals surface area (Å²) in [6, 6.07) is 0. The van der Waals surface area contributed by atoms with E-state index < -0.39 is 0 Å². The second-order valence-corrected chi connectivity index (χ2v) is 5.19. The van der Waals surface area contributed by atoms with Crippen LogP contribution in [0.25, 0.3) is 0 Å². The van der Waals surface area contributed by atoms with E-state index in [1.165, 1.54) is 38.5 Å². The van der Waals surface area contributed by atoms with Crippen LogP contribution in [0, 0.1) is 11.8 Å². The molecule has 0 aromatic carbocycles. The first-order valence-electron chi connectivity index (χ1n) is 6.15. The second kappa shape index (κ2) is 3.82. The van der Waals surface area contributed by atoms with Crippen molar-refractivity contribution in [3.05, 3.63) is 0 Å². The molecule has 2 nitrogen and oxygen atoms in total. The van der Waals surface area contributed by atoms with Gasteiger partial charge in [-0.15, -0.1) is 0 Å². The number of hydrogen-bond donors (Lipinski definition) is 0. The van der Waals surface area contributed by atoms with Gasteiger partial charge in [-0.2, -0.15) is 0 Å². The number of ether oxygens (including phenoxy) is 2. The van der Waals surface area contributed by atoms with Crippen LogP contribution in [-0.2, 0) is 9.47 Å². The third kappa shape index (κ3) is 2.29. The fourth-order valence-corrected chi connectivity index (χ4v) is 2.99. The zero-order valence-corrected chi connectivity index (χ0v) is 8.78. The van der Waals surface area contributed by atoms with Crippen molar-refractivity contribution in [1.29, 1.82) is 0 Å². The van der Waals surface area contributed by atoms with Gasteiger partial charge in [0.1, 0.15) is 0 Å². The summed E-state index contributed by atoms with van der Waals surface area (Å²) in [5.41, 5.74) is 0. The van der Waals surface area contributed by atoms with Gasteiger partial charge in [0.2, 0.25) is 0 Å². The van der Waals surface area contributed by atoms with E-state index in [-0.39, 0.29) is 0 Å². The Morgan fingerprint density at radius 1 is 0.786 bits per heavy atom. The Morgan fingerprint density at radius 3 is 1.57 bits per heavy atom. The second-order valence-electron chi connectivity index (χ2n) is 5.19. The van der Waals surface area contributed by atoms with Crippen LogP contribution in [0.3, 0.4) is 0 Å². The van der Waals surface area contributed by atoms with Gasteiger partial charge >= 0.3 is 0 Å². The molecule has 0 amide bonds. The van der Waals surface area contributed by atoms with Crippen LogP contribution in [0.4, 0.5) is 0 Å². The summed E-state index contributed by atoms with van der Waals surface area (Å²) in [7, 11) is 0. The minimum absolute atomic E-state index is 0.626. The Labute approximate surface area is 86.0 Å². The number of hydrogen-bond acceptors (Lipinski definition) is 2. The first kappa shape index (κ1) is 9.17. The Morgan fingerprint density at radius 2 is 1.21 bits per heavy atom. The molecule has 2 aliphatic heterocycles. The SMILES string of the molecule is C1CCC(CC2CO2)C(CC2CO2)C1. The minimum Gasteiger partial charge on any atom is -0.373 e. The van der Waals surface area contributed by atoms with Crippen molar-refractivity contribution in [3.8, 4) is 0 Å². The van der Waals surface area contributed by atoms with Gasteiger partial charge in [0, 0.05) is 0 Å². The maximum absolute atomic E-state index is 5.35. The summed E-state index contributed by atoms with van der Waals surface area (Å²) in [5.74, 6) is 1.89. The van der Waals surface area contributed by atoms with E-state index in [4.69, 9.17) is 9.47 Å². The molecule has 1 aliphatic carbocycles. The maximum atomic E-state index is 5.35. The molecule has 3 aliphatic rings. The first-order valence-corrected chi connectivity index (χ1v) is 6.15. The van der Waals surface area contributed by atoms with Crippen molar-refractivity contribution in [2.45, 2.75) is 50.7 Å². The number of epoxide rings is 2. The smallest absolute Gasteiger partial charge is 0.0812 e. The van der Waals surface area contributed by atoms with Crippen LogP contribution in [0.5, 0.6) is 0 Å². The monoisotopic (exact) mass is 196 g/mol. The zero-order valence-electron chi connectivity index (χ0n) is 8.78. The Balaban J connectivity index is 1.52. The molecule has 0 radical (unpaired) electrons. The minimum atomic E-state index is 0.626. The van der Waals surface area contributed by atoms with E-state index in [9.17, 15) is 0 Å². The standard InChI is InChI=1S/C12H20O2/c1-2-4-10(6-12-8-14-12)9(3-1)5-11-7-13-11/h9-12H,1-8H2. The molecule has 2 heterocycles. The lowest BCUT2D eigenvalue weighted by atomic mass is 9.75. The van der Waals surface area contributed by atoms with Crippen LogP contribution in [-0.4, -0.2) is 25.4 Å². The van der Waals surface area contributed by atoms with Gasteiger partial charge < -0.3 is 9.47 Å². The molecule has 4 unspecified atom stereocenters. The van der Waals surface area contributed by atoms with Crippen LogP contribution in [0.15, 0.2) is 0 Å². The van der Waals surface area contributed by atoms with Crippen molar-refractivity contribution in [3.63, 3.8) is 0 Å². The molecule has 2 heteroatoms. The van der Waals surface area contributed by atoms with Crippen LogP contribution in [0.2, 0.25) is 0 Å². The van der Waals surface area contributed by atoms with E-state index in [0.717, 1.165) is 25.0 Å². The molecule has 4 atom stereocenters. The topological polar surface area (TPSA) is 25.1 Å². The molecule has 14 heavy (non-hydrogen) atoms. The highest BCUT2D eigenvalue weighted by Crippen LogP contribution is 2.39. The fourth-order valence-electron chi connectivity index (χ4n) is 2.99. The molecule has 0 aromatic heterocycles. The zero-order chi connectivity index (χ0) is 9.38. The highest BCUT2D eigenvalue weighted by atomic mass is 16.6. The largest absolute Gasteiger partial charge is 0.373 e. The summed E-state index contributed by atoms with van der Waals surface area (Å²) in [6.45, 7) is 2.06. The van der Waals surface area contributed by atoms with Crippen molar-refractivity contribution >= 4 is 0 Å². The van der Waals surface area contributed by atoms with Crippen LogP contribution in [0.1, 0.15) is 38.5 Å². The van der Waals surface area contributed by atoms with E-state index in [0.29, 0.717) is 12.2 Å². The molecule has 0 aromatic rings. The summed E-state index contributed by atoms with van der Waals surface area (Å²) in [5, 5.41) is 0. The van der Waals surface area contributed by atoms with Crippen molar-refractivity contribution in [2.75, 3.05) is 13.2 Å². The maximum Gasteiger partial charge on any atom is 0.0812 e. The van der Waals surface area contributed by atoms with Crippen LogP contribution < -0.4 is 0 Å². The molecule has 1 saturated carbocycles. The molecular formula is C12H20O2. The van der Waals surface area contributed by atoms with Crippen molar-refractivity contribution in [2.24, 2.45) is 11.8 Å². The van der Waals surface area contributed by atoms with E-state index in [1.807, 2.05) is 0 Å². The van der Waals surface area contributed by atoms with Gasteiger partial charge in [-0.25, -0.2) is 0 Å². The van der Waals surface area contributed by atoms with E-state index in [1.54, 1.807) is 0 Å². The highest BCUT2D eigenvalue weighted by molar-refractivity contribution is 4.85. The van der Waals surface area contributed by atoms with Gasteiger partial charge in [-0.3, -0.25) is 0 Å². The van der Waals surface area contributed by atoms with E-state index >= 15 is 0 Å². The summed E-state index contributed by atoms with van der Waals surface area (Å²) >= 11 is 0. The normalized spacial score (nSPS) is 46.3. The predicted molar refractivity (Wildman–Crippen MR) is 54.2 cm³/mol. The quantitative estimate of drug-likeness (QED) is 0.645. The van der Waals surface area contributed by atoms with Gasteiger partial charge in [-0.1, -0.05) is 25.7 Å². The molecule has 0 bridgehead atoms. The average molecular weight is 196 g/mol. The van der Waals surface area contributed by atoms with Gasteiger partial charge in [-0.05, 0) is 24.7 Å². The lowest BCUT2D eigenvalue weighted by Gasteiger charge is -2.30. The number of rotatable bonds is 4. The van der Waals surface area contributed by atoms with Gasteiger partial charge in [0.15, 0.2) is 0 Å². The lowest BCUT2D eigenvalue weighted by Crippen LogP contribution is -2.22. The lowest BCUT2D eigenvalue weighted by molar-refractivity contribution is 0.181. The molecule has 3 rings (SSSR count). The Kier molecular flexibility index (Phi) is 2.50. The van der Waals surface area contributed by atoms with E-state index in [2.05, 4.69) is 0 Å². The summed E-state index contributed by atoms with van der Waals surface area (Å²) in [4.78, 5) is 0. The van der Waals surface area contributed by atoms with Gasteiger partial charge in [0.05, 0.1) is 25.4 Å². The van der Waals surface area contributed by atoms with Crippen LogP contribution >= 0.6 is 0 Å².